The summed E-state index contributed by atoms with van der Waals surface area (Å²) in [4.78, 5) is 0. The van der Waals surface area contributed by atoms with Crippen molar-refractivity contribution < 1.29 is 0 Å². The fourth-order valence-corrected chi connectivity index (χ4v) is 27.9. The van der Waals surface area contributed by atoms with Gasteiger partial charge in [-0.1, -0.05) is 0 Å². The minimum absolute atomic E-state index is 0.561. The summed E-state index contributed by atoms with van der Waals surface area (Å²) in [6.45, 7) is 14.4. The van der Waals surface area contributed by atoms with Crippen LogP contribution in [0.1, 0.15) is 80.1 Å². The Balaban J connectivity index is 2.36. The van der Waals surface area contributed by atoms with E-state index in [2.05, 4.69) is 114 Å². The van der Waals surface area contributed by atoms with E-state index in [-0.39, 0.29) is 0 Å². The second-order valence-corrected chi connectivity index (χ2v) is 28.3. The first-order valence-electron chi connectivity index (χ1n) is 16.0. The Bertz CT molecular complexity index is 971. The molecule has 0 aliphatic rings. The van der Waals surface area contributed by atoms with E-state index in [0.717, 1.165) is 0 Å². The Morgan fingerprint density at radius 3 is 0.825 bits per heavy atom. The van der Waals surface area contributed by atoms with Crippen LogP contribution in [0.15, 0.2) is 72.8 Å². The summed E-state index contributed by atoms with van der Waals surface area (Å²) in [6, 6.07) is 29.6. The predicted molar refractivity (Wildman–Crippen MR) is 192 cm³/mol. The van der Waals surface area contributed by atoms with E-state index in [0.29, 0.717) is 0 Å². The summed E-state index contributed by atoms with van der Waals surface area (Å²) in [5.41, 5.74) is 0. The number of hydrogen-bond donors (Lipinski definition) is 0. The Hall–Kier alpha value is -0.235. The van der Waals surface area contributed by atoms with Crippen molar-refractivity contribution in [2.45, 2.75) is 111 Å². The van der Waals surface area contributed by atoms with Crippen molar-refractivity contribution in [3.05, 3.63) is 72.8 Å². The van der Waals surface area contributed by atoms with Crippen molar-refractivity contribution in [3.63, 3.8) is 0 Å². The first-order chi connectivity index (χ1) is 19.6. The molecule has 0 unspecified atom stereocenters. The molecule has 0 atom stereocenters. The first-order valence-corrected chi connectivity index (χ1v) is 28.1. The van der Waals surface area contributed by atoms with E-state index in [1.807, 2.05) is 0 Å². The molecule has 0 fully saturated rings. The van der Waals surface area contributed by atoms with Crippen LogP contribution in [-0.4, -0.2) is 44.0 Å². The number of rotatable bonds is 18. The molecule has 40 heavy (non-hydrogen) atoms. The fourth-order valence-electron chi connectivity index (χ4n) is 5.83. The van der Waals surface area contributed by atoms with Crippen LogP contribution in [0.2, 0.25) is 31.3 Å². The molecule has 4 heteroatoms. The SMILES string of the molecule is CCC[As](CCC)c1ccccc1P(c1ccccc1[As](CCC)CCC)c1ccccc1[As](CCC)CCC. The van der Waals surface area contributed by atoms with Crippen LogP contribution in [0.4, 0.5) is 0 Å². The Morgan fingerprint density at radius 2 is 0.600 bits per heavy atom. The van der Waals surface area contributed by atoms with Crippen molar-refractivity contribution in [2.24, 2.45) is 0 Å². The number of benzene rings is 3. The maximum absolute atomic E-state index is 2.58. The topological polar surface area (TPSA) is 0 Å². The molecule has 0 radical (unpaired) electrons. The Labute approximate surface area is 263 Å². The van der Waals surface area contributed by atoms with Gasteiger partial charge in [-0.3, -0.25) is 0 Å². The van der Waals surface area contributed by atoms with Crippen molar-refractivity contribution >= 4 is 80.8 Å². The Kier molecular flexibility index (Phi) is 16.4. The molecule has 218 valence electrons. The fraction of sp³-hybridized carbons (Fsp3) is 0.500. The van der Waals surface area contributed by atoms with Gasteiger partial charge >= 0.3 is 265 Å². The molecule has 0 aliphatic heterocycles. The molecular weight excluding hydrogens is 688 g/mol. The minimum atomic E-state index is -1.11. The monoisotopic (exact) mass is 742 g/mol. The van der Waals surface area contributed by atoms with Gasteiger partial charge in [0, 0.05) is 0 Å². The van der Waals surface area contributed by atoms with Gasteiger partial charge in [0.1, 0.15) is 0 Å². The normalized spacial score (nSPS) is 11.8. The van der Waals surface area contributed by atoms with E-state index in [1.54, 1.807) is 29.0 Å². The van der Waals surface area contributed by atoms with Crippen LogP contribution in [0.25, 0.3) is 0 Å². The van der Waals surface area contributed by atoms with Gasteiger partial charge in [-0.25, -0.2) is 0 Å². The van der Waals surface area contributed by atoms with Gasteiger partial charge < -0.3 is 0 Å². The molecule has 0 N–H and O–H groups in total. The second-order valence-electron chi connectivity index (χ2n) is 10.8. The van der Waals surface area contributed by atoms with Crippen molar-refractivity contribution in [3.8, 4) is 0 Å². The summed E-state index contributed by atoms with van der Waals surface area (Å²) in [5, 5.41) is 13.8. The van der Waals surface area contributed by atoms with Crippen LogP contribution < -0.4 is 29.0 Å². The summed E-state index contributed by atoms with van der Waals surface area (Å²) in [6.07, 6.45) is 7.94. The van der Waals surface area contributed by atoms with Crippen molar-refractivity contribution in [2.75, 3.05) is 0 Å². The molecule has 0 aromatic heterocycles. The van der Waals surface area contributed by atoms with Gasteiger partial charge in [-0.15, -0.1) is 0 Å². The van der Waals surface area contributed by atoms with Crippen LogP contribution in [0.5, 0.6) is 0 Å². The van der Waals surface area contributed by atoms with Gasteiger partial charge in [0.25, 0.3) is 0 Å². The zero-order valence-corrected chi connectivity index (χ0v) is 32.7. The Morgan fingerprint density at radius 1 is 0.375 bits per heavy atom. The van der Waals surface area contributed by atoms with E-state index < -0.39 is 51.9 Å². The molecule has 0 spiro atoms. The van der Waals surface area contributed by atoms with Crippen LogP contribution in [-0.2, 0) is 0 Å². The standard InChI is InChI=1S/C36H54As3P/c1-7-25-37(26-8-2)31-19-13-16-22-34(31)40(35-23-17-14-20-32(35)38(27-9-3)28-10-4)36-24-18-15-21-33(36)39(29-11-5)30-12-6/h13-24H,7-12,25-30H2,1-6H3. The van der Waals surface area contributed by atoms with Crippen molar-refractivity contribution in [1.29, 1.82) is 0 Å². The molecule has 3 aromatic carbocycles. The van der Waals surface area contributed by atoms with Gasteiger partial charge in [-0.2, -0.15) is 0 Å². The molecule has 3 aromatic rings. The predicted octanol–water partition coefficient (Wildman–Crippen LogP) is 8.01. The third-order valence-electron chi connectivity index (χ3n) is 7.35. The molecule has 0 nitrogen and oxygen atoms in total. The van der Waals surface area contributed by atoms with Crippen LogP contribution in [0, 0.1) is 0 Å². The molecule has 0 aliphatic carbocycles. The second kappa shape index (κ2) is 19.1. The van der Waals surface area contributed by atoms with Gasteiger partial charge in [0.2, 0.25) is 0 Å². The third kappa shape index (κ3) is 9.13. The van der Waals surface area contributed by atoms with Gasteiger partial charge in [0.05, 0.1) is 0 Å². The van der Waals surface area contributed by atoms with E-state index in [1.165, 1.54) is 69.8 Å². The average Bonchev–Trinajstić information content (AvgIpc) is 2.98. The zero-order chi connectivity index (χ0) is 28.7. The van der Waals surface area contributed by atoms with E-state index in [9.17, 15) is 0 Å². The summed E-state index contributed by atoms with van der Waals surface area (Å²) in [5.74, 6) is 0. The van der Waals surface area contributed by atoms with E-state index >= 15 is 0 Å². The molecule has 0 bridgehead atoms. The molecule has 0 amide bonds. The summed E-state index contributed by atoms with van der Waals surface area (Å²) >= 11 is -3.34. The van der Waals surface area contributed by atoms with Crippen LogP contribution in [0.3, 0.4) is 0 Å². The van der Waals surface area contributed by atoms with Gasteiger partial charge in [-0.05, 0) is 0 Å². The van der Waals surface area contributed by atoms with E-state index in [4.69, 9.17) is 0 Å². The maximum atomic E-state index is 2.58. The summed E-state index contributed by atoms with van der Waals surface area (Å²) in [7, 11) is -0.561. The van der Waals surface area contributed by atoms with Gasteiger partial charge in [0.15, 0.2) is 0 Å². The average molecular weight is 743 g/mol. The van der Waals surface area contributed by atoms with Crippen LogP contribution >= 0.6 is 7.92 Å². The molecule has 3 rings (SSSR count). The molecule has 0 saturated heterocycles. The third-order valence-corrected chi connectivity index (χ3v) is 30.3. The summed E-state index contributed by atoms with van der Waals surface area (Å²) < 4.78 is 5.39. The first kappa shape index (κ1) is 34.3. The molecule has 0 saturated carbocycles. The number of hydrogen-bond acceptors (Lipinski definition) is 0. The zero-order valence-electron chi connectivity index (χ0n) is 26.2. The van der Waals surface area contributed by atoms with Crippen molar-refractivity contribution in [1.82, 2.24) is 0 Å². The molecule has 0 heterocycles. The molecular formula is C36H54As3P. The quantitative estimate of drug-likeness (QED) is 0.0916.